The first-order valence-electron chi connectivity index (χ1n) is 5.83. The van der Waals surface area contributed by atoms with Crippen molar-refractivity contribution in [2.75, 3.05) is 13.1 Å². The molecule has 0 atom stereocenters. The number of rotatable bonds is 3. The summed E-state index contributed by atoms with van der Waals surface area (Å²) >= 11 is 3.48. The van der Waals surface area contributed by atoms with E-state index in [9.17, 15) is 0 Å². The van der Waals surface area contributed by atoms with Crippen molar-refractivity contribution in [2.45, 2.75) is 25.8 Å². The fourth-order valence-corrected chi connectivity index (χ4v) is 3.71. The number of hydrogen-bond donors (Lipinski definition) is 0. The van der Waals surface area contributed by atoms with E-state index >= 15 is 0 Å². The van der Waals surface area contributed by atoms with E-state index in [4.69, 9.17) is 0 Å². The smallest absolute Gasteiger partial charge is 0.134 e. The van der Waals surface area contributed by atoms with Crippen molar-refractivity contribution >= 4 is 22.7 Å². The van der Waals surface area contributed by atoms with Gasteiger partial charge in [-0.05, 0) is 13.8 Å². The van der Waals surface area contributed by atoms with E-state index in [0.717, 1.165) is 18.1 Å². The maximum absolute atomic E-state index is 4.55. The van der Waals surface area contributed by atoms with E-state index in [1.54, 1.807) is 22.7 Å². The van der Waals surface area contributed by atoms with Crippen LogP contribution in [0.15, 0.2) is 17.8 Å². The Balaban J connectivity index is 1.70. The molecule has 1 fully saturated rings. The molecule has 0 bridgehead atoms. The molecule has 0 saturated carbocycles. The molecule has 1 saturated heterocycles. The average molecular weight is 265 g/mol. The number of thiazole rings is 2. The van der Waals surface area contributed by atoms with Crippen LogP contribution in [-0.4, -0.2) is 34.0 Å². The Morgan fingerprint density at radius 3 is 2.82 bits per heavy atom. The molecule has 17 heavy (non-hydrogen) atoms. The van der Waals surface area contributed by atoms with Crippen molar-refractivity contribution < 1.29 is 0 Å². The Hall–Kier alpha value is -0.780. The highest BCUT2D eigenvalue weighted by Crippen LogP contribution is 2.35. The van der Waals surface area contributed by atoms with Gasteiger partial charge in [0.1, 0.15) is 5.01 Å². The third kappa shape index (κ3) is 2.14. The molecular weight excluding hydrogens is 250 g/mol. The minimum atomic E-state index is 0.635. The van der Waals surface area contributed by atoms with E-state index in [2.05, 4.69) is 28.7 Å². The van der Waals surface area contributed by atoms with Crippen LogP contribution in [0, 0.1) is 0 Å². The second-order valence-corrected chi connectivity index (χ2v) is 6.60. The Bertz CT molecular complexity index is 484. The van der Waals surface area contributed by atoms with E-state index < -0.39 is 0 Å². The molecule has 2 aromatic rings. The lowest BCUT2D eigenvalue weighted by molar-refractivity contribution is 0.110. The Labute approximate surface area is 109 Å². The minimum Gasteiger partial charge on any atom is -0.299 e. The van der Waals surface area contributed by atoms with E-state index in [1.165, 1.54) is 9.88 Å². The summed E-state index contributed by atoms with van der Waals surface area (Å²) in [6.45, 7) is 6.81. The molecule has 0 aliphatic carbocycles. The van der Waals surface area contributed by atoms with Crippen molar-refractivity contribution in [3.63, 3.8) is 0 Å². The molecule has 0 amide bonds. The van der Waals surface area contributed by atoms with Gasteiger partial charge in [0.05, 0.1) is 9.88 Å². The van der Waals surface area contributed by atoms with Gasteiger partial charge in [0.25, 0.3) is 0 Å². The zero-order valence-corrected chi connectivity index (χ0v) is 11.6. The average Bonchev–Trinajstić information content (AvgIpc) is 2.82. The van der Waals surface area contributed by atoms with Crippen molar-refractivity contribution in [1.82, 2.24) is 14.9 Å². The van der Waals surface area contributed by atoms with Crippen molar-refractivity contribution in [3.8, 4) is 9.88 Å². The van der Waals surface area contributed by atoms with Crippen LogP contribution in [0.1, 0.15) is 24.8 Å². The maximum atomic E-state index is 4.55. The van der Waals surface area contributed by atoms with Crippen LogP contribution in [0.4, 0.5) is 0 Å². The van der Waals surface area contributed by atoms with Gasteiger partial charge in [0, 0.05) is 42.8 Å². The molecule has 0 N–H and O–H groups in total. The molecule has 90 valence electrons. The second kappa shape index (κ2) is 4.48. The van der Waals surface area contributed by atoms with Crippen molar-refractivity contribution in [1.29, 1.82) is 0 Å². The highest BCUT2D eigenvalue weighted by molar-refractivity contribution is 7.20. The topological polar surface area (TPSA) is 29.0 Å². The van der Waals surface area contributed by atoms with Crippen LogP contribution in [-0.2, 0) is 0 Å². The fraction of sp³-hybridized carbons (Fsp3) is 0.500. The molecule has 2 aromatic heterocycles. The molecule has 3 rings (SSSR count). The zero-order chi connectivity index (χ0) is 11.8. The normalized spacial score (nSPS) is 17.6. The molecular formula is C12H15N3S2. The first-order valence-corrected chi connectivity index (χ1v) is 7.53. The van der Waals surface area contributed by atoms with Gasteiger partial charge >= 0.3 is 0 Å². The minimum absolute atomic E-state index is 0.635. The van der Waals surface area contributed by atoms with Gasteiger partial charge in [0.15, 0.2) is 0 Å². The van der Waals surface area contributed by atoms with Gasteiger partial charge in [-0.25, -0.2) is 9.97 Å². The summed E-state index contributed by atoms with van der Waals surface area (Å²) in [5.74, 6) is 0.635. The molecule has 1 aliphatic rings. The highest BCUT2D eigenvalue weighted by atomic mass is 32.1. The molecule has 3 nitrogen and oxygen atoms in total. The van der Waals surface area contributed by atoms with Crippen LogP contribution < -0.4 is 0 Å². The standard InChI is InChI=1S/C12H15N3S2/c1-8(2)15-6-9(7-15)11-14-5-10(17-11)12-13-3-4-16-12/h3-5,8-9H,6-7H2,1-2H3. The Kier molecular flexibility index (Phi) is 2.98. The lowest BCUT2D eigenvalue weighted by Crippen LogP contribution is -2.48. The molecule has 0 unspecified atom stereocenters. The number of nitrogens with zero attached hydrogens (tertiary/aromatic N) is 3. The van der Waals surface area contributed by atoms with Gasteiger partial charge in [-0.3, -0.25) is 4.90 Å². The molecule has 3 heterocycles. The largest absolute Gasteiger partial charge is 0.299 e. The van der Waals surface area contributed by atoms with Gasteiger partial charge in [-0.15, -0.1) is 22.7 Å². The molecule has 1 aliphatic heterocycles. The van der Waals surface area contributed by atoms with Crippen LogP contribution in [0.3, 0.4) is 0 Å². The van der Waals surface area contributed by atoms with Gasteiger partial charge in [-0.1, -0.05) is 0 Å². The van der Waals surface area contributed by atoms with E-state index in [0.29, 0.717) is 12.0 Å². The molecule has 5 heteroatoms. The summed E-state index contributed by atoms with van der Waals surface area (Å²) in [4.78, 5) is 12.6. The molecule has 0 radical (unpaired) electrons. The maximum Gasteiger partial charge on any atom is 0.134 e. The van der Waals surface area contributed by atoms with Crippen LogP contribution >= 0.6 is 22.7 Å². The van der Waals surface area contributed by atoms with Crippen LogP contribution in [0.2, 0.25) is 0 Å². The summed E-state index contributed by atoms with van der Waals surface area (Å²) in [6.07, 6.45) is 3.82. The van der Waals surface area contributed by atoms with Gasteiger partial charge < -0.3 is 0 Å². The summed E-state index contributed by atoms with van der Waals surface area (Å²) in [5.41, 5.74) is 0. The number of hydrogen-bond acceptors (Lipinski definition) is 5. The van der Waals surface area contributed by atoms with Gasteiger partial charge in [-0.2, -0.15) is 0 Å². The highest BCUT2D eigenvalue weighted by Gasteiger charge is 2.31. The zero-order valence-electron chi connectivity index (χ0n) is 9.96. The second-order valence-electron chi connectivity index (χ2n) is 4.64. The van der Waals surface area contributed by atoms with Crippen molar-refractivity contribution in [2.24, 2.45) is 0 Å². The fourth-order valence-electron chi connectivity index (χ4n) is 2.01. The van der Waals surface area contributed by atoms with Gasteiger partial charge in [0.2, 0.25) is 0 Å². The van der Waals surface area contributed by atoms with E-state index in [1.807, 2.05) is 17.8 Å². The predicted octanol–water partition coefficient (Wildman–Crippen LogP) is 3.07. The Morgan fingerprint density at radius 2 is 2.18 bits per heavy atom. The summed E-state index contributed by atoms with van der Waals surface area (Å²) in [6, 6.07) is 0.657. The summed E-state index contributed by atoms with van der Waals surface area (Å²) < 4.78 is 0. The van der Waals surface area contributed by atoms with Crippen LogP contribution in [0.5, 0.6) is 0 Å². The third-order valence-corrected chi connectivity index (χ3v) is 5.26. The lowest BCUT2D eigenvalue weighted by atomic mass is 9.99. The first kappa shape index (κ1) is 11.3. The van der Waals surface area contributed by atoms with Crippen molar-refractivity contribution in [3.05, 3.63) is 22.8 Å². The molecule has 0 spiro atoms. The summed E-state index contributed by atoms with van der Waals surface area (Å²) in [5, 5.41) is 4.37. The predicted molar refractivity (Wildman–Crippen MR) is 72.7 cm³/mol. The third-order valence-electron chi connectivity index (χ3n) is 3.16. The summed E-state index contributed by atoms with van der Waals surface area (Å²) in [7, 11) is 0. The number of likely N-dealkylation sites (tertiary alicyclic amines) is 1. The monoisotopic (exact) mass is 265 g/mol. The van der Waals surface area contributed by atoms with Crippen LogP contribution in [0.25, 0.3) is 9.88 Å². The first-order chi connectivity index (χ1) is 8.24. The molecule has 0 aromatic carbocycles. The Morgan fingerprint density at radius 1 is 1.35 bits per heavy atom. The number of aromatic nitrogens is 2. The lowest BCUT2D eigenvalue weighted by Gasteiger charge is -2.41. The van der Waals surface area contributed by atoms with E-state index in [-0.39, 0.29) is 0 Å². The SMILES string of the molecule is CC(C)N1CC(c2ncc(-c3nccs3)s2)C1. The quantitative estimate of drug-likeness (QED) is 0.854.